The molecule has 3 nitrogen and oxygen atoms in total. The van der Waals surface area contributed by atoms with Gasteiger partial charge in [0.2, 0.25) is 0 Å². The average molecular weight is 369 g/mol. The predicted octanol–water partition coefficient (Wildman–Crippen LogP) is 4.97. The lowest BCUT2D eigenvalue weighted by Crippen LogP contribution is -2.20. The summed E-state index contributed by atoms with van der Waals surface area (Å²) >= 11 is 5.93. The first-order valence-corrected chi connectivity index (χ1v) is 7.72. The van der Waals surface area contributed by atoms with E-state index >= 15 is 0 Å². The zero-order valence-electron chi connectivity index (χ0n) is 13.4. The number of alkyl halides is 3. The normalized spacial score (nSPS) is 11.1. The lowest BCUT2D eigenvalue weighted by Gasteiger charge is -2.16. The largest absolute Gasteiger partial charge is 0.416 e. The molecular formula is C18H16ClF3N2O. The highest BCUT2D eigenvalue weighted by molar-refractivity contribution is 6.31. The van der Waals surface area contributed by atoms with E-state index in [1.807, 2.05) is 0 Å². The number of hydrogen-bond donors (Lipinski definition) is 2. The number of anilines is 1. The van der Waals surface area contributed by atoms with Gasteiger partial charge in [0.15, 0.2) is 0 Å². The average Bonchev–Trinajstić information content (AvgIpc) is 2.58. The Morgan fingerprint density at radius 2 is 1.96 bits per heavy atom. The minimum Gasteiger partial charge on any atom is -0.380 e. The fraction of sp³-hybridized carbons (Fsp3) is 0.167. The smallest absolute Gasteiger partial charge is 0.380 e. The highest BCUT2D eigenvalue weighted by Crippen LogP contribution is 2.33. The van der Waals surface area contributed by atoms with E-state index < -0.39 is 11.7 Å². The maximum atomic E-state index is 13.2. The Morgan fingerprint density at radius 1 is 1.24 bits per heavy atom. The standard InChI is InChI=1S/C18H16ClF3N2O/c1-3-11-4-7-15(18(20,21)22)12(8-11)10-24-16-9-13(19)5-6-14(16)17(25)23-2/h3-9,24H,1,10H2,2H3,(H,23,25). The molecule has 2 aromatic rings. The van der Waals surface area contributed by atoms with Gasteiger partial charge in [-0.25, -0.2) is 0 Å². The molecule has 0 spiro atoms. The number of nitrogens with one attached hydrogen (secondary N) is 2. The minimum atomic E-state index is -4.48. The number of carbonyl (C=O) groups excluding carboxylic acids is 1. The Balaban J connectivity index is 2.37. The summed E-state index contributed by atoms with van der Waals surface area (Å²) in [4.78, 5) is 11.9. The summed E-state index contributed by atoms with van der Waals surface area (Å²) in [5.41, 5.74) is 0.522. The molecule has 0 fully saturated rings. The molecule has 0 bridgehead atoms. The van der Waals surface area contributed by atoms with Crippen LogP contribution in [0.4, 0.5) is 18.9 Å². The summed E-state index contributed by atoms with van der Waals surface area (Å²) in [6.45, 7) is 3.45. The molecule has 132 valence electrons. The van der Waals surface area contributed by atoms with Crippen molar-refractivity contribution in [2.45, 2.75) is 12.7 Å². The molecule has 0 radical (unpaired) electrons. The van der Waals surface area contributed by atoms with Crippen LogP contribution in [0.15, 0.2) is 43.0 Å². The number of benzene rings is 2. The zero-order chi connectivity index (χ0) is 18.6. The van der Waals surface area contributed by atoms with Crippen molar-refractivity contribution < 1.29 is 18.0 Å². The molecular weight excluding hydrogens is 353 g/mol. The molecule has 0 unspecified atom stereocenters. The molecule has 2 rings (SSSR count). The van der Waals surface area contributed by atoms with E-state index in [4.69, 9.17) is 11.6 Å². The maximum absolute atomic E-state index is 13.2. The molecule has 0 aliphatic heterocycles. The molecule has 0 atom stereocenters. The van der Waals surface area contributed by atoms with Crippen molar-refractivity contribution in [1.29, 1.82) is 0 Å². The summed E-state index contributed by atoms with van der Waals surface area (Å²) in [5, 5.41) is 5.71. The van der Waals surface area contributed by atoms with Gasteiger partial charge in [0.1, 0.15) is 0 Å². The summed E-state index contributed by atoms with van der Waals surface area (Å²) in [7, 11) is 1.47. The molecule has 25 heavy (non-hydrogen) atoms. The van der Waals surface area contributed by atoms with Crippen LogP contribution >= 0.6 is 11.6 Å². The Morgan fingerprint density at radius 3 is 2.56 bits per heavy atom. The lowest BCUT2D eigenvalue weighted by atomic mass is 10.0. The van der Waals surface area contributed by atoms with Gasteiger partial charge in [-0.15, -0.1) is 0 Å². The number of amides is 1. The molecule has 2 N–H and O–H groups in total. The topological polar surface area (TPSA) is 41.1 Å². The lowest BCUT2D eigenvalue weighted by molar-refractivity contribution is -0.138. The van der Waals surface area contributed by atoms with Gasteiger partial charge >= 0.3 is 6.18 Å². The molecule has 0 aromatic heterocycles. The molecule has 2 aromatic carbocycles. The highest BCUT2D eigenvalue weighted by atomic mass is 35.5. The summed E-state index contributed by atoms with van der Waals surface area (Å²) in [6.07, 6.45) is -3.01. The predicted molar refractivity (Wildman–Crippen MR) is 93.7 cm³/mol. The second kappa shape index (κ2) is 7.61. The van der Waals surface area contributed by atoms with E-state index in [9.17, 15) is 18.0 Å². The molecule has 0 heterocycles. The third kappa shape index (κ3) is 4.54. The third-order valence-electron chi connectivity index (χ3n) is 3.59. The van der Waals surface area contributed by atoms with Gasteiger partial charge in [0.25, 0.3) is 5.91 Å². The van der Waals surface area contributed by atoms with Crippen LogP contribution in [0.1, 0.15) is 27.0 Å². The summed E-state index contributed by atoms with van der Waals surface area (Å²) in [5.74, 6) is -0.366. The molecule has 1 amide bonds. The molecule has 0 aliphatic rings. The second-order valence-corrected chi connectivity index (χ2v) is 5.68. The highest BCUT2D eigenvalue weighted by Gasteiger charge is 2.33. The van der Waals surface area contributed by atoms with E-state index in [0.29, 0.717) is 21.8 Å². The Bertz CT molecular complexity index is 803. The van der Waals surface area contributed by atoms with Crippen molar-refractivity contribution in [3.05, 3.63) is 70.3 Å². The Labute approximate surface area is 148 Å². The van der Waals surface area contributed by atoms with E-state index in [2.05, 4.69) is 17.2 Å². The van der Waals surface area contributed by atoms with Crippen LogP contribution in [-0.2, 0) is 12.7 Å². The van der Waals surface area contributed by atoms with E-state index in [0.717, 1.165) is 6.07 Å². The molecule has 0 aliphatic carbocycles. The van der Waals surface area contributed by atoms with Gasteiger partial charge in [-0.05, 0) is 41.5 Å². The van der Waals surface area contributed by atoms with Crippen LogP contribution in [0.3, 0.4) is 0 Å². The van der Waals surface area contributed by atoms with Crippen molar-refractivity contribution >= 4 is 29.3 Å². The van der Waals surface area contributed by atoms with Gasteiger partial charge in [0.05, 0.1) is 11.1 Å². The van der Waals surface area contributed by atoms with E-state index in [-0.39, 0.29) is 18.0 Å². The monoisotopic (exact) mass is 368 g/mol. The SMILES string of the molecule is C=Cc1ccc(C(F)(F)F)c(CNc2cc(Cl)ccc2C(=O)NC)c1. The molecule has 7 heteroatoms. The van der Waals surface area contributed by atoms with Crippen molar-refractivity contribution in [2.24, 2.45) is 0 Å². The third-order valence-corrected chi connectivity index (χ3v) is 3.83. The molecule has 0 saturated carbocycles. The van der Waals surface area contributed by atoms with Crippen LogP contribution in [0, 0.1) is 0 Å². The molecule has 0 saturated heterocycles. The van der Waals surface area contributed by atoms with E-state index in [1.54, 1.807) is 0 Å². The van der Waals surface area contributed by atoms with Crippen molar-refractivity contribution in [3.8, 4) is 0 Å². The van der Waals surface area contributed by atoms with E-state index in [1.165, 1.54) is 43.5 Å². The van der Waals surface area contributed by atoms with Crippen LogP contribution in [0.25, 0.3) is 6.08 Å². The number of rotatable bonds is 5. The summed E-state index contributed by atoms with van der Waals surface area (Å²) < 4.78 is 39.6. The first-order valence-electron chi connectivity index (χ1n) is 7.34. The van der Waals surface area contributed by atoms with Gasteiger partial charge < -0.3 is 10.6 Å². The minimum absolute atomic E-state index is 0.0488. The van der Waals surface area contributed by atoms with Crippen LogP contribution in [0.2, 0.25) is 5.02 Å². The second-order valence-electron chi connectivity index (χ2n) is 5.24. The van der Waals surface area contributed by atoms with Gasteiger partial charge in [-0.2, -0.15) is 13.2 Å². The van der Waals surface area contributed by atoms with Crippen LogP contribution < -0.4 is 10.6 Å². The van der Waals surface area contributed by atoms with Gasteiger partial charge in [0, 0.05) is 24.3 Å². The van der Waals surface area contributed by atoms with Crippen LogP contribution in [-0.4, -0.2) is 13.0 Å². The van der Waals surface area contributed by atoms with Crippen LogP contribution in [0.5, 0.6) is 0 Å². The van der Waals surface area contributed by atoms with Crippen molar-refractivity contribution in [2.75, 3.05) is 12.4 Å². The van der Waals surface area contributed by atoms with Gasteiger partial charge in [-0.3, -0.25) is 4.79 Å². The Kier molecular flexibility index (Phi) is 5.74. The van der Waals surface area contributed by atoms with Crippen molar-refractivity contribution in [1.82, 2.24) is 5.32 Å². The van der Waals surface area contributed by atoms with Crippen molar-refractivity contribution in [3.63, 3.8) is 0 Å². The number of hydrogen-bond acceptors (Lipinski definition) is 2. The Hall–Kier alpha value is -2.47. The summed E-state index contributed by atoms with van der Waals surface area (Å²) in [6, 6.07) is 8.33. The fourth-order valence-electron chi connectivity index (χ4n) is 2.35. The first-order chi connectivity index (χ1) is 11.8. The fourth-order valence-corrected chi connectivity index (χ4v) is 2.52. The maximum Gasteiger partial charge on any atom is 0.416 e. The number of halogens is 4. The number of carbonyl (C=O) groups is 1. The first kappa shape index (κ1) is 18.9. The zero-order valence-corrected chi connectivity index (χ0v) is 14.1. The quantitative estimate of drug-likeness (QED) is 0.782. The van der Waals surface area contributed by atoms with Gasteiger partial charge in [-0.1, -0.05) is 30.3 Å².